The molecule has 2 saturated heterocycles. The maximum atomic E-state index is 9.25. The molecule has 0 aromatic heterocycles. The summed E-state index contributed by atoms with van der Waals surface area (Å²) in [6, 6.07) is 0. The van der Waals surface area contributed by atoms with Gasteiger partial charge < -0.3 is 23.7 Å². The monoisotopic (exact) mass is 562 g/mol. The molecule has 2 rings (SSSR count). The number of halogens is 1. The maximum absolute atomic E-state index is 9.25. The highest BCUT2D eigenvalue weighted by Gasteiger charge is 2.47. The predicted molar refractivity (Wildman–Crippen MR) is 146 cm³/mol. The molecule has 200 valence electrons. The van der Waals surface area contributed by atoms with E-state index in [0.29, 0.717) is 5.92 Å². The average molecular weight is 564 g/mol. The summed E-state index contributed by atoms with van der Waals surface area (Å²) >= 11 is 3.75. The Hall–Kier alpha value is 0.237. The predicted octanol–water partition coefficient (Wildman–Crippen LogP) is 6.48. The third kappa shape index (κ3) is 7.62. The smallest absolute Gasteiger partial charge is 0.192 e. The Morgan fingerprint density at radius 3 is 2.44 bits per heavy atom. The lowest BCUT2D eigenvalue weighted by Gasteiger charge is -2.40. The standard InChI is InChI=1S/C27H51BrO5Si/c1-10-20(33-34(8,9)27(4,5)6)15-25-26(30-7)22(17-28)24(32-25)16-23-19(3)18(2)14-21(31-23)12-11-13-29/h18,20-26,29H,3,10-17H2,1-2,4-9H3/t18-,20-,21+,22+,23?,24?,25-,26-/m1/s1. The molecule has 34 heavy (non-hydrogen) atoms. The summed E-state index contributed by atoms with van der Waals surface area (Å²) in [4.78, 5) is 0. The van der Waals surface area contributed by atoms with E-state index in [9.17, 15) is 5.11 Å². The van der Waals surface area contributed by atoms with Gasteiger partial charge in [-0.25, -0.2) is 0 Å². The van der Waals surface area contributed by atoms with Crippen molar-refractivity contribution < 1.29 is 23.7 Å². The van der Waals surface area contributed by atoms with Gasteiger partial charge in [-0.15, -0.1) is 0 Å². The van der Waals surface area contributed by atoms with Crippen molar-refractivity contribution in [2.45, 2.75) is 128 Å². The largest absolute Gasteiger partial charge is 0.414 e. The third-order valence-electron chi connectivity index (χ3n) is 8.43. The van der Waals surface area contributed by atoms with E-state index in [4.69, 9.17) is 18.6 Å². The Balaban J connectivity index is 2.11. The highest BCUT2D eigenvalue weighted by molar-refractivity contribution is 9.09. The molecule has 7 heteroatoms. The van der Waals surface area contributed by atoms with E-state index in [0.717, 1.165) is 43.9 Å². The first-order valence-corrected chi connectivity index (χ1v) is 17.3. The molecular formula is C27H51BrO5Si. The van der Waals surface area contributed by atoms with E-state index in [1.165, 1.54) is 5.57 Å². The normalized spacial score (nSPS) is 33.9. The van der Waals surface area contributed by atoms with Gasteiger partial charge in [0.05, 0.1) is 30.5 Å². The maximum Gasteiger partial charge on any atom is 0.192 e. The molecule has 5 nitrogen and oxygen atoms in total. The fourth-order valence-electron chi connectivity index (χ4n) is 5.14. The minimum atomic E-state index is -1.86. The van der Waals surface area contributed by atoms with Crippen LogP contribution in [0.1, 0.15) is 73.1 Å². The average Bonchev–Trinajstić information content (AvgIpc) is 3.09. The van der Waals surface area contributed by atoms with Crippen LogP contribution in [0.15, 0.2) is 12.2 Å². The Morgan fingerprint density at radius 2 is 1.91 bits per heavy atom. The van der Waals surface area contributed by atoms with Gasteiger partial charge in [0.25, 0.3) is 0 Å². The second-order valence-corrected chi connectivity index (χ2v) is 17.3. The van der Waals surface area contributed by atoms with Crippen LogP contribution < -0.4 is 0 Å². The number of methoxy groups -OCH3 is 1. The molecule has 0 bridgehead atoms. The summed E-state index contributed by atoms with van der Waals surface area (Å²) in [7, 11) is -0.0579. The van der Waals surface area contributed by atoms with Gasteiger partial charge in [-0.2, -0.15) is 0 Å². The molecule has 8 atom stereocenters. The molecule has 0 amide bonds. The van der Waals surface area contributed by atoms with Gasteiger partial charge in [0.15, 0.2) is 8.32 Å². The quantitative estimate of drug-likeness (QED) is 0.167. The highest BCUT2D eigenvalue weighted by Crippen LogP contribution is 2.42. The number of aliphatic hydroxyl groups excluding tert-OH is 1. The second kappa shape index (κ2) is 13.2. The Labute approximate surface area is 218 Å². The van der Waals surface area contributed by atoms with Gasteiger partial charge in [0.2, 0.25) is 0 Å². The molecule has 2 fully saturated rings. The van der Waals surface area contributed by atoms with Gasteiger partial charge in [-0.05, 0) is 55.3 Å². The first kappa shape index (κ1) is 30.5. The van der Waals surface area contributed by atoms with Crippen molar-refractivity contribution in [2.24, 2.45) is 11.8 Å². The van der Waals surface area contributed by atoms with Crippen LogP contribution in [0.3, 0.4) is 0 Å². The van der Waals surface area contributed by atoms with Crippen molar-refractivity contribution in [1.29, 1.82) is 0 Å². The lowest BCUT2D eigenvalue weighted by atomic mass is 9.83. The highest BCUT2D eigenvalue weighted by atomic mass is 79.9. The van der Waals surface area contributed by atoms with Gasteiger partial charge in [-0.1, -0.05) is 57.1 Å². The van der Waals surface area contributed by atoms with Crippen molar-refractivity contribution in [3.8, 4) is 0 Å². The molecule has 0 aromatic rings. The number of hydrogen-bond donors (Lipinski definition) is 1. The molecule has 0 aliphatic carbocycles. The Morgan fingerprint density at radius 1 is 1.24 bits per heavy atom. The summed E-state index contributed by atoms with van der Waals surface area (Å²) < 4.78 is 26.0. The van der Waals surface area contributed by atoms with Crippen molar-refractivity contribution >= 4 is 24.2 Å². The topological polar surface area (TPSA) is 57.2 Å². The van der Waals surface area contributed by atoms with Crippen LogP contribution in [0, 0.1) is 11.8 Å². The number of alkyl halides is 1. The zero-order valence-corrected chi connectivity index (χ0v) is 25.5. The number of hydrogen-bond acceptors (Lipinski definition) is 5. The van der Waals surface area contributed by atoms with E-state index in [1.54, 1.807) is 7.11 Å². The molecule has 0 saturated carbocycles. The minimum Gasteiger partial charge on any atom is -0.414 e. The zero-order valence-electron chi connectivity index (χ0n) is 22.9. The number of rotatable bonds is 12. The number of aliphatic hydroxyl groups is 1. The number of ether oxygens (including phenoxy) is 3. The molecule has 0 radical (unpaired) electrons. The fraction of sp³-hybridized carbons (Fsp3) is 0.926. The summed E-state index contributed by atoms with van der Waals surface area (Å²) in [5.41, 5.74) is 1.17. The Kier molecular flexibility index (Phi) is 11.8. The molecule has 0 aromatic carbocycles. The molecular weight excluding hydrogens is 512 g/mol. The van der Waals surface area contributed by atoms with Crippen LogP contribution >= 0.6 is 15.9 Å². The van der Waals surface area contributed by atoms with E-state index in [-0.39, 0.29) is 54.2 Å². The van der Waals surface area contributed by atoms with Crippen LogP contribution in [-0.2, 0) is 18.6 Å². The van der Waals surface area contributed by atoms with E-state index in [1.807, 2.05) is 0 Å². The lowest BCUT2D eigenvalue weighted by Crippen LogP contribution is -2.45. The van der Waals surface area contributed by atoms with E-state index in [2.05, 4.69) is 70.2 Å². The van der Waals surface area contributed by atoms with Gasteiger partial charge in [-0.3, -0.25) is 0 Å². The summed E-state index contributed by atoms with van der Waals surface area (Å²) in [5, 5.41) is 10.3. The van der Waals surface area contributed by atoms with Crippen LogP contribution in [0.2, 0.25) is 18.1 Å². The molecule has 2 aliphatic rings. The summed E-state index contributed by atoms with van der Waals surface area (Å²) in [6.45, 7) is 20.6. The van der Waals surface area contributed by atoms with Crippen LogP contribution in [0.4, 0.5) is 0 Å². The van der Waals surface area contributed by atoms with E-state index < -0.39 is 8.32 Å². The van der Waals surface area contributed by atoms with Gasteiger partial charge in [0, 0.05) is 43.9 Å². The van der Waals surface area contributed by atoms with Crippen molar-refractivity contribution in [2.75, 3.05) is 19.0 Å². The lowest BCUT2D eigenvalue weighted by molar-refractivity contribution is -0.0747. The zero-order chi connectivity index (χ0) is 25.7. The van der Waals surface area contributed by atoms with Gasteiger partial charge >= 0.3 is 0 Å². The van der Waals surface area contributed by atoms with Crippen LogP contribution in [0.25, 0.3) is 0 Å². The van der Waals surface area contributed by atoms with Crippen LogP contribution in [-0.4, -0.2) is 69.1 Å². The van der Waals surface area contributed by atoms with E-state index >= 15 is 0 Å². The van der Waals surface area contributed by atoms with Crippen molar-refractivity contribution in [3.05, 3.63) is 12.2 Å². The molecule has 2 aliphatic heterocycles. The SMILES string of the molecule is C=C1C(CC2O[C@H](C[C@@H](CC)O[Si](C)(C)C(C)(C)C)[C@H](OC)[C@H]2CBr)O[C@@H](CCCO)C[C@H]1C. The first-order chi connectivity index (χ1) is 15.9. The summed E-state index contributed by atoms with van der Waals surface area (Å²) in [6.07, 6.45) is 5.69. The van der Waals surface area contributed by atoms with Crippen molar-refractivity contribution in [1.82, 2.24) is 0 Å². The second-order valence-electron chi connectivity index (χ2n) is 11.9. The molecule has 0 spiro atoms. The Bertz CT molecular complexity index is 637. The van der Waals surface area contributed by atoms with Crippen LogP contribution in [0.5, 0.6) is 0 Å². The molecule has 1 N–H and O–H groups in total. The fourth-order valence-corrected chi connectivity index (χ4v) is 7.37. The minimum absolute atomic E-state index is 0.00623. The molecule has 2 heterocycles. The molecule has 2 unspecified atom stereocenters. The summed E-state index contributed by atoms with van der Waals surface area (Å²) in [5.74, 6) is 0.674. The first-order valence-electron chi connectivity index (χ1n) is 13.2. The third-order valence-corrected chi connectivity index (χ3v) is 13.7. The van der Waals surface area contributed by atoms with Crippen molar-refractivity contribution in [3.63, 3.8) is 0 Å². The van der Waals surface area contributed by atoms with Gasteiger partial charge in [0.1, 0.15) is 0 Å².